The first-order valence-corrected chi connectivity index (χ1v) is 8.01. The molecule has 1 aromatic rings. The van der Waals surface area contributed by atoms with Crippen LogP contribution in [0.2, 0.25) is 0 Å². The number of fused-ring (bicyclic) bond motifs is 1. The van der Waals surface area contributed by atoms with E-state index < -0.39 is 0 Å². The third-order valence-corrected chi connectivity index (χ3v) is 4.43. The van der Waals surface area contributed by atoms with Crippen LogP contribution in [0.1, 0.15) is 31.2 Å². The highest BCUT2D eigenvalue weighted by molar-refractivity contribution is 5.79. The first-order chi connectivity index (χ1) is 10.8. The Morgan fingerprint density at radius 2 is 2.32 bits per heavy atom. The molecule has 3 rings (SSSR count). The van der Waals surface area contributed by atoms with E-state index in [1.54, 1.807) is 7.11 Å². The van der Waals surface area contributed by atoms with Gasteiger partial charge in [0.1, 0.15) is 18.1 Å². The maximum atomic E-state index is 12.3. The minimum absolute atomic E-state index is 0.0907. The number of carbonyl (C=O) groups is 1. The van der Waals surface area contributed by atoms with Crippen LogP contribution in [0, 0.1) is 5.92 Å². The van der Waals surface area contributed by atoms with Gasteiger partial charge in [-0.15, -0.1) is 0 Å². The highest BCUT2D eigenvalue weighted by atomic mass is 16.5. The molecule has 0 radical (unpaired) electrons. The Morgan fingerprint density at radius 3 is 3.09 bits per heavy atom. The van der Waals surface area contributed by atoms with Crippen LogP contribution in [0.5, 0.6) is 11.5 Å². The standard InChI is InChI=1S/C18H23NO3/c1-21-16-8-7-14-9-15(12-22-17(14)10-16)18(20)19-11-13-5-3-2-4-6-13/h5,7-8,10,15H,2-4,6,9,11-12H2,1H3,(H,19,20). The van der Waals surface area contributed by atoms with Gasteiger partial charge in [0.15, 0.2) is 0 Å². The molecule has 1 atom stereocenters. The largest absolute Gasteiger partial charge is 0.497 e. The average Bonchev–Trinajstić information content (AvgIpc) is 2.59. The molecule has 4 heteroatoms. The van der Waals surface area contributed by atoms with Gasteiger partial charge in [0, 0.05) is 12.6 Å². The zero-order valence-corrected chi connectivity index (χ0v) is 13.1. The summed E-state index contributed by atoms with van der Waals surface area (Å²) in [5, 5.41) is 3.06. The minimum Gasteiger partial charge on any atom is -0.497 e. The second-order valence-electron chi connectivity index (χ2n) is 6.01. The fraction of sp³-hybridized carbons (Fsp3) is 0.500. The number of rotatable bonds is 4. The van der Waals surface area contributed by atoms with Gasteiger partial charge < -0.3 is 14.8 Å². The second-order valence-corrected chi connectivity index (χ2v) is 6.01. The van der Waals surface area contributed by atoms with Gasteiger partial charge in [-0.25, -0.2) is 0 Å². The quantitative estimate of drug-likeness (QED) is 0.870. The predicted octanol–water partition coefficient (Wildman–Crippen LogP) is 2.86. The van der Waals surface area contributed by atoms with E-state index in [1.165, 1.54) is 18.4 Å². The van der Waals surface area contributed by atoms with Gasteiger partial charge in [-0.1, -0.05) is 17.7 Å². The van der Waals surface area contributed by atoms with Crippen LogP contribution in [0.15, 0.2) is 29.8 Å². The summed E-state index contributed by atoms with van der Waals surface area (Å²) >= 11 is 0. The molecular formula is C18H23NO3. The molecule has 1 amide bonds. The fourth-order valence-corrected chi connectivity index (χ4v) is 3.06. The molecule has 1 aliphatic heterocycles. The normalized spacial score (nSPS) is 20.4. The van der Waals surface area contributed by atoms with E-state index in [9.17, 15) is 4.79 Å². The van der Waals surface area contributed by atoms with Gasteiger partial charge in [-0.05, 0) is 43.7 Å². The molecule has 0 spiro atoms. The minimum atomic E-state index is -0.106. The van der Waals surface area contributed by atoms with Crippen molar-refractivity contribution in [3.05, 3.63) is 35.4 Å². The molecule has 0 fully saturated rings. The van der Waals surface area contributed by atoms with Crippen molar-refractivity contribution in [1.82, 2.24) is 5.32 Å². The number of hydrogen-bond acceptors (Lipinski definition) is 3. The molecule has 118 valence electrons. The number of nitrogens with one attached hydrogen (secondary N) is 1. The van der Waals surface area contributed by atoms with Gasteiger partial charge in [0.25, 0.3) is 0 Å². The molecule has 1 unspecified atom stereocenters. The summed E-state index contributed by atoms with van der Waals surface area (Å²) in [4.78, 5) is 12.3. The number of amides is 1. The Bertz CT molecular complexity index is 580. The SMILES string of the molecule is COc1ccc2c(c1)OCC(C(=O)NCC1=CCCCC1)C2. The molecule has 0 saturated carbocycles. The van der Waals surface area contributed by atoms with E-state index in [1.807, 2.05) is 18.2 Å². The molecule has 1 aliphatic carbocycles. The van der Waals surface area contributed by atoms with Gasteiger partial charge in [0.05, 0.1) is 13.0 Å². The van der Waals surface area contributed by atoms with Crippen LogP contribution in [0.4, 0.5) is 0 Å². The topological polar surface area (TPSA) is 47.6 Å². The van der Waals surface area contributed by atoms with Crippen molar-refractivity contribution >= 4 is 5.91 Å². The highest BCUT2D eigenvalue weighted by Gasteiger charge is 2.26. The lowest BCUT2D eigenvalue weighted by atomic mass is 9.95. The van der Waals surface area contributed by atoms with Crippen LogP contribution in [0.25, 0.3) is 0 Å². The van der Waals surface area contributed by atoms with Gasteiger partial charge >= 0.3 is 0 Å². The summed E-state index contributed by atoms with van der Waals surface area (Å²) in [6.45, 7) is 1.12. The molecule has 22 heavy (non-hydrogen) atoms. The molecule has 2 aliphatic rings. The summed E-state index contributed by atoms with van der Waals surface area (Å²) in [5.74, 6) is 1.60. The third kappa shape index (κ3) is 3.43. The summed E-state index contributed by atoms with van der Waals surface area (Å²) in [5.41, 5.74) is 2.44. The summed E-state index contributed by atoms with van der Waals surface area (Å²) in [6, 6.07) is 5.78. The van der Waals surface area contributed by atoms with E-state index in [2.05, 4.69) is 11.4 Å². The number of benzene rings is 1. The number of hydrogen-bond donors (Lipinski definition) is 1. The zero-order valence-electron chi connectivity index (χ0n) is 13.1. The zero-order chi connectivity index (χ0) is 15.4. The second kappa shape index (κ2) is 6.86. The lowest BCUT2D eigenvalue weighted by molar-refractivity contribution is -0.126. The van der Waals surface area contributed by atoms with Crippen molar-refractivity contribution in [2.75, 3.05) is 20.3 Å². The van der Waals surface area contributed by atoms with Crippen LogP contribution in [-0.2, 0) is 11.2 Å². The Labute approximate surface area is 131 Å². The molecule has 4 nitrogen and oxygen atoms in total. The smallest absolute Gasteiger partial charge is 0.227 e. The summed E-state index contributed by atoms with van der Waals surface area (Å²) in [7, 11) is 1.64. The molecule has 1 N–H and O–H groups in total. The van der Waals surface area contributed by atoms with E-state index in [0.717, 1.165) is 36.3 Å². The first kappa shape index (κ1) is 14.9. The Hall–Kier alpha value is -1.97. The summed E-state index contributed by atoms with van der Waals surface area (Å²) in [6.07, 6.45) is 7.77. The fourth-order valence-electron chi connectivity index (χ4n) is 3.06. The van der Waals surface area contributed by atoms with E-state index >= 15 is 0 Å². The van der Waals surface area contributed by atoms with Gasteiger partial charge in [-0.3, -0.25) is 4.79 Å². The Balaban J connectivity index is 1.57. The monoisotopic (exact) mass is 301 g/mol. The molecule has 0 saturated heterocycles. The average molecular weight is 301 g/mol. The summed E-state index contributed by atoms with van der Waals surface area (Å²) < 4.78 is 10.9. The number of ether oxygens (including phenoxy) is 2. The van der Waals surface area contributed by atoms with E-state index in [4.69, 9.17) is 9.47 Å². The van der Waals surface area contributed by atoms with Crippen molar-refractivity contribution in [3.8, 4) is 11.5 Å². The van der Waals surface area contributed by atoms with Gasteiger partial charge in [-0.2, -0.15) is 0 Å². The van der Waals surface area contributed by atoms with Crippen LogP contribution < -0.4 is 14.8 Å². The van der Waals surface area contributed by atoms with Crippen molar-refractivity contribution in [1.29, 1.82) is 0 Å². The molecular weight excluding hydrogens is 278 g/mol. The Morgan fingerprint density at radius 1 is 1.41 bits per heavy atom. The molecule has 0 aromatic heterocycles. The third-order valence-electron chi connectivity index (χ3n) is 4.43. The lowest BCUT2D eigenvalue weighted by Crippen LogP contribution is -2.38. The first-order valence-electron chi connectivity index (χ1n) is 8.01. The van der Waals surface area contributed by atoms with Crippen molar-refractivity contribution in [2.45, 2.75) is 32.1 Å². The van der Waals surface area contributed by atoms with Crippen molar-refractivity contribution in [3.63, 3.8) is 0 Å². The predicted molar refractivity (Wildman–Crippen MR) is 85.2 cm³/mol. The van der Waals surface area contributed by atoms with E-state index in [-0.39, 0.29) is 11.8 Å². The van der Waals surface area contributed by atoms with Gasteiger partial charge in [0.2, 0.25) is 5.91 Å². The van der Waals surface area contributed by atoms with Crippen LogP contribution >= 0.6 is 0 Å². The number of methoxy groups -OCH3 is 1. The maximum Gasteiger partial charge on any atom is 0.227 e. The highest BCUT2D eigenvalue weighted by Crippen LogP contribution is 2.31. The molecule has 1 heterocycles. The van der Waals surface area contributed by atoms with Crippen molar-refractivity contribution < 1.29 is 14.3 Å². The van der Waals surface area contributed by atoms with Crippen molar-refractivity contribution in [2.24, 2.45) is 5.92 Å². The molecule has 1 aromatic carbocycles. The van der Waals surface area contributed by atoms with Crippen LogP contribution in [-0.4, -0.2) is 26.2 Å². The maximum absolute atomic E-state index is 12.3. The lowest BCUT2D eigenvalue weighted by Gasteiger charge is -2.25. The van der Waals surface area contributed by atoms with Crippen LogP contribution in [0.3, 0.4) is 0 Å². The number of carbonyl (C=O) groups excluding carboxylic acids is 1. The van der Waals surface area contributed by atoms with E-state index in [0.29, 0.717) is 13.2 Å². The number of allylic oxidation sites excluding steroid dienone is 1. The molecule has 0 bridgehead atoms. The Kier molecular flexibility index (Phi) is 4.66.